The van der Waals surface area contributed by atoms with Crippen LogP contribution in [-0.4, -0.2) is 93.3 Å². The summed E-state index contributed by atoms with van der Waals surface area (Å²) in [6, 6.07) is 26.0. The van der Waals surface area contributed by atoms with E-state index in [1.165, 1.54) is 24.3 Å². The maximum atomic E-state index is 12.9. The first kappa shape index (κ1) is 49.1. The number of sulfonamides is 2. The van der Waals surface area contributed by atoms with Crippen LogP contribution in [0.25, 0.3) is 0 Å². The highest BCUT2D eigenvalue weighted by atomic mass is 79.9. The third-order valence-electron chi connectivity index (χ3n) is 9.91. The Kier molecular flexibility index (Phi) is 18.4. The lowest BCUT2D eigenvalue weighted by Gasteiger charge is -2.29. The molecule has 2 aliphatic rings. The molecule has 2 fully saturated rings. The minimum Gasteiger partial charge on any atom is -0.378 e. The van der Waals surface area contributed by atoms with Crippen LogP contribution in [0.3, 0.4) is 0 Å². The Bertz CT molecular complexity index is 2110. The van der Waals surface area contributed by atoms with Gasteiger partial charge in [0.2, 0.25) is 31.9 Å². The fourth-order valence-corrected chi connectivity index (χ4v) is 9.66. The van der Waals surface area contributed by atoms with Crippen LogP contribution in [0.4, 0.5) is 22.7 Å². The number of nitrogens with zero attached hydrogens (tertiary/aromatic N) is 2. The Morgan fingerprint density at radius 3 is 1.13 bits per heavy atom. The molecular weight excluding hydrogens is 964 g/mol. The Balaban J connectivity index is 0.000000234. The van der Waals surface area contributed by atoms with Crippen LogP contribution in [0, 0.1) is 11.8 Å². The summed E-state index contributed by atoms with van der Waals surface area (Å²) in [4.78, 5) is 30.5. The molecule has 336 valence electrons. The van der Waals surface area contributed by atoms with Crippen molar-refractivity contribution in [1.82, 2.24) is 9.44 Å². The fraction of sp³-hybridized carbons (Fsp3) is 0.409. The van der Waals surface area contributed by atoms with Gasteiger partial charge in [0.05, 0.1) is 36.2 Å². The zero-order chi connectivity index (χ0) is 44.9. The third-order valence-corrected chi connectivity index (χ3v) is 13.9. The van der Waals surface area contributed by atoms with Crippen molar-refractivity contribution in [3.63, 3.8) is 0 Å². The number of rotatable bonds is 16. The van der Waals surface area contributed by atoms with Gasteiger partial charge in [0.15, 0.2) is 0 Å². The highest BCUT2D eigenvalue weighted by molar-refractivity contribution is 9.10. The maximum absolute atomic E-state index is 12.9. The van der Waals surface area contributed by atoms with E-state index >= 15 is 0 Å². The second kappa shape index (κ2) is 23.2. The zero-order valence-electron chi connectivity index (χ0n) is 35.4. The van der Waals surface area contributed by atoms with E-state index in [2.05, 4.69) is 61.7 Å². The normalized spacial score (nSPS) is 15.7. The van der Waals surface area contributed by atoms with Gasteiger partial charge >= 0.3 is 0 Å². The molecule has 2 aliphatic heterocycles. The van der Waals surface area contributed by atoms with Crippen molar-refractivity contribution in [2.45, 2.75) is 62.4 Å². The highest BCUT2D eigenvalue weighted by Crippen LogP contribution is 2.23. The topological polar surface area (TPSA) is 175 Å². The van der Waals surface area contributed by atoms with E-state index in [1.54, 1.807) is 24.3 Å². The number of carbonyl (C=O) groups excluding carboxylic acids is 2. The van der Waals surface area contributed by atoms with Crippen LogP contribution in [0.15, 0.2) is 116 Å². The molecule has 0 aromatic heterocycles. The molecule has 4 aromatic rings. The molecular formula is C44H56Br2N6O8S2. The van der Waals surface area contributed by atoms with Gasteiger partial charge in [-0.1, -0.05) is 59.6 Å². The molecule has 18 heteroatoms. The fourth-order valence-electron chi connectivity index (χ4n) is 6.71. The summed E-state index contributed by atoms with van der Waals surface area (Å²) >= 11 is 6.60. The van der Waals surface area contributed by atoms with Crippen LogP contribution >= 0.6 is 31.9 Å². The molecule has 2 heterocycles. The first-order chi connectivity index (χ1) is 29.5. The molecule has 2 atom stereocenters. The first-order valence-corrected chi connectivity index (χ1v) is 25.1. The van der Waals surface area contributed by atoms with Crippen molar-refractivity contribution < 1.29 is 35.9 Å². The molecule has 0 radical (unpaired) electrons. The molecule has 2 saturated heterocycles. The van der Waals surface area contributed by atoms with Gasteiger partial charge in [-0.05, 0) is 122 Å². The van der Waals surface area contributed by atoms with E-state index in [0.717, 1.165) is 46.5 Å². The zero-order valence-corrected chi connectivity index (χ0v) is 40.2. The minimum atomic E-state index is -3.83. The van der Waals surface area contributed by atoms with Gasteiger partial charge in [-0.3, -0.25) is 9.59 Å². The smallest absolute Gasteiger partial charge is 0.242 e. The number of amides is 2. The summed E-state index contributed by atoms with van der Waals surface area (Å²) < 4.78 is 68.6. The standard InChI is InChI=1S/2C22H28BrN3O4S/c2*1-16(2)15-21(25-31(28,29)20-9-3-17(23)4-10-20)22(27)24-18-5-7-19(8-6-18)26-11-13-30-14-12-26/h2*3-10,16,21,25H,11-15H2,1-2H3,(H,24,27)/t2*21-/m00/s1. The maximum Gasteiger partial charge on any atom is 0.242 e. The number of hydrogen-bond acceptors (Lipinski definition) is 10. The minimum absolute atomic E-state index is 0.118. The summed E-state index contributed by atoms with van der Waals surface area (Å²) in [7, 11) is -7.66. The van der Waals surface area contributed by atoms with Crippen molar-refractivity contribution in [3.05, 3.63) is 106 Å². The lowest BCUT2D eigenvalue weighted by molar-refractivity contribution is -0.118. The molecule has 0 unspecified atom stereocenters. The SMILES string of the molecule is CC(C)C[C@H](NS(=O)(=O)c1ccc(Br)cc1)C(=O)Nc1ccc(N2CCOCC2)cc1.CC(C)C[C@H](NS(=O)(=O)c1ccc(Br)cc1)C(=O)Nc1ccc(N2CCOCC2)cc1. The summed E-state index contributed by atoms with van der Waals surface area (Å²) in [5.41, 5.74) is 3.38. The number of ether oxygens (including phenoxy) is 2. The number of anilines is 4. The summed E-state index contributed by atoms with van der Waals surface area (Å²) in [5.74, 6) is -0.499. The van der Waals surface area contributed by atoms with Gasteiger partial charge < -0.3 is 29.9 Å². The summed E-state index contributed by atoms with van der Waals surface area (Å²) in [6.45, 7) is 13.9. The van der Waals surface area contributed by atoms with Gasteiger partial charge in [0.1, 0.15) is 12.1 Å². The second-order valence-electron chi connectivity index (χ2n) is 15.8. The Labute approximate surface area is 382 Å². The Hall–Kier alpha value is -3.88. The van der Waals surface area contributed by atoms with Crippen molar-refractivity contribution in [2.75, 3.05) is 73.0 Å². The van der Waals surface area contributed by atoms with Gasteiger partial charge in [-0.25, -0.2) is 16.8 Å². The molecule has 14 nitrogen and oxygen atoms in total. The van der Waals surface area contributed by atoms with Gasteiger partial charge in [-0.15, -0.1) is 0 Å². The van der Waals surface area contributed by atoms with Crippen LogP contribution in [-0.2, 0) is 39.1 Å². The molecule has 4 N–H and O–H groups in total. The van der Waals surface area contributed by atoms with E-state index in [0.29, 0.717) is 50.6 Å². The number of halogens is 2. The largest absolute Gasteiger partial charge is 0.378 e. The predicted molar refractivity (Wildman–Crippen MR) is 252 cm³/mol. The first-order valence-electron chi connectivity index (χ1n) is 20.5. The quantitative estimate of drug-likeness (QED) is 0.0896. The van der Waals surface area contributed by atoms with Crippen LogP contribution in [0.2, 0.25) is 0 Å². The lowest BCUT2D eigenvalue weighted by atomic mass is 10.0. The molecule has 0 saturated carbocycles. The average Bonchev–Trinajstić information content (AvgIpc) is 3.24. The van der Waals surface area contributed by atoms with Gasteiger partial charge in [-0.2, -0.15) is 9.44 Å². The molecule has 62 heavy (non-hydrogen) atoms. The van der Waals surface area contributed by atoms with Crippen LogP contribution < -0.4 is 29.9 Å². The van der Waals surface area contributed by atoms with Crippen molar-refractivity contribution >= 4 is 86.5 Å². The Morgan fingerprint density at radius 2 is 0.839 bits per heavy atom. The van der Waals surface area contributed by atoms with Crippen molar-refractivity contribution in [3.8, 4) is 0 Å². The molecule has 2 amide bonds. The number of morpholine rings is 2. The van der Waals surface area contributed by atoms with Crippen LogP contribution in [0.1, 0.15) is 40.5 Å². The number of carbonyl (C=O) groups is 2. The summed E-state index contributed by atoms with van der Waals surface area (Å²) in [6.07, 6.45) is 0.765. The second-order valence-corrected chi connectivity index (χ2v) is 21.0. The van der Waals surface area contributed by atoms with E-state index in [1.807, 2.05) is 76.2 Å². The Morgan fingerprint density at radius 1 is 0.532 bits per heavy atom. The number of nitrogens with one attached hydrogen (secondary N) is 4. The molecule has 0 spiro atoms. The molecule has 4 aromatic carbocycles. The summed E-state index contributed by atoms with van der Waals surface area (Å²) in [5, 5.41) is 5.69. The third kappa shape index (κ3) is 15.1. The predicted octanol–water partition coefficient (Wildman–Crippen LogP) is 7.23. The van der Waals surface area contributed by atoms with E-state index in [-0.39, 0.29) is 33.4 Å². The highest BCUT2D eigenvalue weighted by Gasteiger charge is 2.28. The van der Waals surface area contributed by atoms with E-state index < -0.39 is 32.1 Å². The van der Waals surface area contributed by atoms with E-state index in [9.17, 15) is 26.4 Å². The molecule has 0 aliphatic carbocycles. The monoisotopic (exact) mass is 1020 g/mol. The molecule has 6 rings (SSSR count). The van der Waals surface area contributed by atoms with Crippen molar-refractivity contribution in [1.29, 1.82) is 0 Å². The number of hydrogen-bond donors (Lipinski definition) is 4. The molecule has 0 bridgehead atoms. The van der Waals surface area contributed by atoms with E-state index in [4.69, 9.17) is 9.47 Å². The van der Waals surface area contributed by atoms with Crippen LogP contribution in [0.5, 0.6) is 0 Å². The van der Waals surface area contributed by atoms with Crippen molar-refractivity contribution in [2.24, 2.45) is 11.8 Å². The average molecular weight is 1020 g/mol. The number of benzene rings is 4. The van der Waals surface area contributed by atoms with Gasteiger partial charge in [0, 0.05) is 57.9 Å². The lowest BCUT2D eigenvalue weighted by Crippen LogP contribution is -2.44. The van der Waals surface area contributed by atoms with Gasteiger partial charge in [0.25, 0.3) is 0 Å².